The van der Waals surface area contributed by atoms with E-state index < -0.39 is 23.5 Å². The molecule has 1 unspecified atom stereocenters. The van der Waals surface area contributed by atoms with Gasteiger partial charge in [-0.15, -0.1) is 0 Å². The standard InChI is InChI=1S/C24H16ClN3O4/c25-17-3-4-18-16(10-17)11-19(32-18)22(29)20-21(15-2-1-7-27-12-15)28(24(31)23(20)30)13-14-5-8-26-9-6-14/h1-12,21,30H,13H2. The minimum absolute atomic E-state index is 0.0104. The number of aromatic nitrogens is 2. The van der Waals surface area contributed by atoms with Gasteiger partial charge in [0.05, 0.1) is 11.6 Å². The average Bonchev–Trinajstić information content (AvgIpc) is 3.34. The van der Waals surface area contributed by atoms with Gasteiger partial charge in [-0.05, 0) is 53.6 Å². The number of rotatable bonds is 5. The van der Waals surface area contributed by atoms with Crippen LogP contribution in [0.3, 0.4) is 0 Å². The Kier molecular flexibility index (Phi) is 4.95. The molecule has 32 heavy (non-hydrogen) atoms. The van der Waals surface area contributed by atoms with E-state index in [4.69, 9.17) is 16.0 Å². The summed E-state index contributed by atoms with van der Waals surface area (Å²) in [6.07, 6.45) is 6.41. The Balaban J connectivity index is 1.59. The molecule has 3 aromatic heterocycles. The van der Waals surface area contributed by atoms with Crippen LogP contribution in [-0.4, -0.2) is 31.7 Å². The van der Waals surface area contributed by atoms with Crippen molar-refractivity contribution in [2.45, 2.75) is 12.6 Å². The second-order valence-electron chi connectivity index (χ2n) is 7.36. The highest BCUT2D eigenvalue weighted by Gasteiger charge is 2.44. The van der Waals surface area contributed by atoms with Gasteiger partial charge >= 0.3 is 0 Å². The fourth-order valence-electron chi connectivity index (χ4n) is 3.88. The molecule has 0 radical (unpaired) electrons. The number of carbonyl (C=O) groups excluding carboxylic acids is 2. The van der Waals surface area contributed by atoms with Crippen molar-refractivity contribution in [2.24, 2.45) is 0 Å². The van der Waals surface area contributed by atoms with E-state index >= 15 is 0 Å². The number of aliphatic hydroxyl groups excluding tert-OH is 1. The van der Waals surface area contributed by atoms with Gasteiger partial charge in [-0.2, -0.15) is 0 Å². The Labute approximate surface area is 187 Å². The molecule has 7 nitrogen and oxygen atoms in total. The fraction of sp³-hybridized carbons (Fsp3) is 0.0833. The van der Waals surface area contributed by atoms with Crippen LogP contribution in [0.2, 0.25) is 5.02 Å². The zero-order chi connectivity index (χ0) is 22.2. The highest BCUT2D eigenvalue weighted by molar-refractivity contribution is 6.31. The Hall–Kier alpha value is -3.97. The lowest BCUT2D eigenvalue weighted by molar-refractivity contribution is -0.130. The third-order valence-electron chi connectivity index (χ3n) is 5.35. The van der Waals surface area contributed by atoms with E-state index in [9.17, 15) is 14.7 Å². The number of carbonyl (C=O) groups is 2. The van der Waals surface area contributed by atoms with E-state index in [0.717, 1.165) is 5.56 Å². The number of hydrogen-bond acceptors (Lipinski definition) is 6. The van der Waals surface area contributed by atoms with Gasteiger partial charge in [-0.3, -0.25) is 19.6 Å². The molecule has 5 rings (SSSR count). The predicted octanol–water partition coefficient (Wildman–Crippen LogP) is 4.65. The molecule has 4 heterocycles. The van der Waals surface area contributed by atoms with Crippen molar-refractivity contribution in [3.63, 3.8) is 0 Å². The lowest BCUT2D eigenvalue weighted by atomic mass is 9.96. The zero-order valence-electron chi connectivity index (χ0n) is 16.6. The first kappa shape index (κ1) is 20.0. The first-order chi connectivity index (χ1) is 15.5. The molecule has 1 amide bonds. The van der Waals surface area contributed by atoms with E-state index in [0.29, 0.717) is 21.6 Å². The van der Waals surface area contributed by atoms with E-state index in [1.54, 1.807) is 73.3 Å². The minimum Gasteiger partial charge on any atom is -0.503 e. The van der Waals surface area contributed by atoms with Crippen molar-refractivity contribution in [2.75, 3.05) is 0 Å². The van der Waals surface area contributed by atoms with Gasteiger partial charge in [0.25, 0.3) is 5.91 Å². The Morgan fingerprint density at radius 1 is 1.09 bits per heavy atom. The average molecular weight is 446 g/mol. The molecular weight excluding hydrogens is 430 g/mol. The summed E-state index contributed by atoms with van der Waals surface area (Å²) in [6.45, 7) is 0.178. The van der Waals surface area contributed by atoms with Crippen molar-refractivity contribution < 1.29 is 19.1 Å². The molecule has 158 valence electrons. The minimum atomic E-state index is -0.825. The molecule has 0 aliphatic carbocycles. The number of fused-ring (bicyclic) bond motifs is 1. The first-order valence-corrected chi connectivity index (χ1v) is 10.2. The monoisotopic (exact) mass is 445 g/mol. The second-order valence-corrected chi connectivity index (χ2v) is 7.80. The third-order valence-corrected chi connectivity index (χ3v) is 5.59. The number of hydrogen-bond donors (Lipinski definition) is 1. The summed E-state index contributed by atoms with van der Waals surface area (Å²) in [5, 5.41) is 11.9. The van der Waals surface area contributed by atoms with Crippen molar-refractivity contribution in [1.29, 1.82) is 0 Å². The molecule has 0 saturated carbocycles. The number of aliphatic hydroxyl groups is 1. The van der Waals surface area contributed by atoms with Gasteiger partial charge in [0.1, 0.15) is 5.58 Å². The molecule has 1 atom stereocenters. The molecule has 1 aromatic carbocycles. The molecule has 1 aliphatic rings. The van der Waals surface area contributed by atoms with Gasteiger partial charge in [-0.1, -0.05) is 17.7 Å². The number of halogens is 1. The van der Waals surface area contributed by atoms with Crippen molar-refractivity contribution >= 4 is 34.3 Å². The van der Waals surface area contributed by atoms with Crippen LogP contribution in [0.15, 0.2) is 89.1 Å². The first-order valence-electron chi connectivity index (χ1n) is 9.79. The van der Waals surface area contributed by atoms with E-state index in [1.165, 1.54) is 4.90 Å². The van der Waals surface area contributed by atoms with E-state index in [-0.39, 0.29) is 17.9 Å². The number of ketones is 1. The maximum absolute atomic E-state index is 13.5. The van der Waals surface area contributed by atoms with Crippen LogP contribution in [-0.2, 0) is 11.3 Å². The van der Waals surface area contributed by atoms with Crippen molar-refractivity contribution in [3.05, 3.63) is 107 Å². The van der Waals surface area contributed by atoms with Crippen LogP contribution in [0, 0.1) is 0 Å². The van der Waals surface area contributed by atoms with Gasteiger partial charge < -0.3 is 14.4 Å². The summed E-state index contributed by atoms with van der Waals surface area (Å²) in [6, 6.07) is 12.7. The van der Waals surface area contributed by atoms with E-state index in [2.05, 4.69) is 9.97 Å². The largest absolute Gasteiger partial charge is 0.503 e. The summed E-state index contributed by atoms with van der Waals surface area (Å²) in [7, 11) is 0. The second kappa shape index (κ2) is 7.94. The summed E-state index contributed by atoms with van der Waals surface area (Å²) in [5.74, 6) is -1.81. The van der Waals surface area contributed by atoms with E-state index in [1.807, 2.05) is 0 Å². The van der Waals surface area contributed by atoms with Gasteiger partial charge in [-0.25, -0.2) is 0 Å². The molecule has 0 saturated heterocycles. The maximum atomic E-state index is 13.5. The molecule has 8 heteroatoms. The van der Waals surface area contributed by atoms with Crippen LogP contribution >= 0.6 is 11.6 Å². The number of Topliss-reactive ketones (excluding diaryl/α,β-unsaturated/α-hetero) is 1. The molecule has 0 fully saturated rings. The fourth-order valence-corrected chi connectivity index (χ4v) is 4.06. The number of amides is 1. The highest BCUT2D eigenvalue weighted by Crippen LogP contribution is 2.40. The number of pyridine rings is 2. The molecule has 4 aromatic rings. The third kappa shape index (κ3) is 3.42. The number of furan rings is 1. The SMILES string of the molecule is O=C(C1=C(O)C(=O)N(Cc2ccncc2)C1c1cccnc1)c1cc2cc(Cl)ccc2o1. The molecule has 0 bridgehead atoms. The lowest BCUT2D eigenvalue weighted by Gasteiger charge is -2.26. The number of benzene rings is 1. The summed E-state index contributed by atoms with van der Waals surface area (Å²) in [5.41, 5.74) is 1.83. The molecule has 0 spiro atoms. The summed E-state index contributed by atoms with van der Waals surface area (Å²) < 4.78 is 5.71. The van der Waals surface area contributed by atoms with Crippen LogP contribution in [0.25, 0.3) is 11.0 Å². The van der Waals surface area contributed by atoms with Gasteiger partial charge in [0.2, 0.25) is 5.78 Å². The van der Waals surface area contributed by atoms with Gasteiger partial charge in [0.15, 0.2) is 11.5 Å². The molecule has 1 N–H and O–H groups in total. The maximum Gasteiger partial charge on any atom is 0.290 e. The Morgan fingerprint density at radius 3 is 2.66 bits per heavy atom. The van der Waals surface area contributed by atoms with Crippen LogP contribution in [0.4, 0.5) is 0 Å². The highest BCUT2D eigenvalue weighted by atomic mass is 35.5. The Bertz CT molecular complexity index is 1370. The van der Waals surface area contributed by atoms with Crippen LogP contribution < -0.4 is 0 Å². The van der Waals surface area contributed by atoms with Crippen molar-refractivity contribution in [3.8, 4) is 0 Å². The van der Waals surface area contributed by atoms with Crippen molar-refractivity contribution in [1.82, 2.24) is 14.9 Å². The quantitative estimate of drug-likeness (QED) is 0.449. The van der Waals surface area contributed by atoms with Crippen LogP contribution in [0.5, 0.6) is 0 Å². The molecule has 1 aliphatic heterocycles. The zero-order valence-corrected chi connectivity index (χ0v) is 17.4. The smallest absolute Gasteiger partial charge is 0.290 e. The van der Waals surface area contributed by atoms with Gasteiger partial charge in [0, 0.05) is 41.7 Å². The number of nitrogens with zero attached hydrogens (tertiary/aromatic N) is 3. The Morgan fingerprint density at radius 2 is 1.91 bits per heavy atom. The molecular formula is C24H16ClN3O4. The predicted molar refractivity (Wildman–Crippen MR) is 117 cm³/mol. The normalized spacial score (nSPS) is 16.2. The topological polar surface area (TPSA) is 96.5 Å². The summed E-state index contributed by atoms with van der Waals surface area (Å²) >= 11 is 6.04. The summed E-state index contributed by atoms with van der Waals surface area (Å²) in [4.78, 5) is 36.1. The lowest BCUT2D eigenvalue weighted by Crippen LogP contribution is -2.30. The van der Waals surface area contributed by atoms with Crippen LogP contribution in [0.1, 0.15) is 27.7 Å².